The number of aliphatic hydroxyl groups excluding tert-OH is 1. The molecular formula is C26H32N2O4. The van der Waals surface area contributed by atoms with Crippen LogP contribution in [0.5, 0.6) is 17.2 Å². The summed E-state index contributed by atoms with van der Waals surface area (Å²) in [6.45, 7) is 3.68. The second-order valence-corrected chi connectivity index (χ2v) is 8.64. The van der Waals surface area contributed by atoms with Crippen LogP contribution in [-0.2, 0) is 6.54 Å². The van der Waals surface area contributed by atoms with Gasteiger partial charge < -0.3 is 24.6 Å². The molecule has 0 unspecified atom stereocenters. The Balaban J connectivity index is 1.47. The van der Waals surface area contributed by atoms with E-state index in [1.54, 1.807) is 20.4 Å². The number of anilines is 1. The monoisotopic (exact) mass is 436 g/mol. The van der Waals surface area contributed by atoms with Gasteiger partial charge in [-0.15, -0.1) is 0 Å². The number of pyridine rings is 1. The molecule has 2 aromatic carbocycles. The average Bonchev–Trinajstić information content (AvgIpc) is 2.82. The molecule has 3 aromatic rings. The molecule has 0 aliphatic heterocycles. The van der Waals surface area contributed by atoms with E-state index in [2.05, 4.69) is 23.3 Å². The van der Waals surface area contributed by atoms with E-state index >= 15 is 0 Å². The summed E-state index contributed by atoms with van der Waals surface area (Å²) in [4.78, 5) is 4.56. The van der Waals surface area contributed by atoms with E-state index in [1.807, 2.05) is 36.4 Å². The molecule has 0 amide bonds. The van der Waals surface area contributed by atoms with Gasteiger partial charge in [-0.25, -0.2) is 4.98 Å². The minimum absolute atomic E-state index is 0.107. The minimum Gasteiger partial charge on any atom is -0.497 e. The smallest absolute Gasteiger partial charge is 0.134 e. The van der Waals surface area contributed by atoms with Gasteiger partial charge >= 0.3 is 0 Å². The van der Waals surface area contributed by atoms with Gasteiger partial charge in [-0.2, -0.15) is 0 Å². The first-order valence-corrected chi connectivity index (χ1v) is 11.2. The molecule has 0 radical (unpaired) electrons. The number of aromatic nitrogens is 1. The van der Waals surface area contributed by atoms with Gasteiger partial charge in [0.1, 0.15) is 23.1 Å². The van der Waals surface area contributed by atoms with E-state index in [1.165, 1.54) is 0 Å². The number of nitrogens with one attached hydrogen (secondary N) is 1. The van der Waals surface area contributed by atoms with Crippen molar-refractivity contribution in [3.63, 3.8) is 0 Å². The molecule has 0 spiro atoms. The van der Waals surface area contributed by atoms with Crippen LogP contribution in [0.25, 0.3) is 10.8 Å². The van der Waals surface area contributed by atoms with Crippen LogP contribution >= 0.6 is 0 Å². The zero-order valence-corrected chi connectivity index (χ0v) is 19.1. The lowest BCUT2D eigenvalue weighted by Gasteiger charge is -2.46. The van der Waals surface area contributed by atoms with E-state index in [9.17, 15) is 5.11 Å². The number of aliphatic hydroxyl groups is 1. The van der Waals surface area contributed by atoms with Crippen LogP contribution in [0.4, 0.5) is 5.82 Å². The molecule has 6 heteroatoms. The van der Waals surface area contributed by atoms with Crippen molar-refractivity contribution in [1.29, 1.82) is 0 Å². The van der Waals surface area contributed by atoms with Gasteiger partial charge in [0.15, 0.2) is 0 Å². The first kappa shape index (κ1) is 22.2. The van der Waals surface area contributed by atoms with Crippen LogP contribution in [-0.4, -0.2) is 37.5 Å². The van der Waals surface area contributed by atoms with E-state index in [-0.39, 0.29) is 12.0 Å². The molecule has 170 valence electrons. The number of rotatable bonds is 10. The summed E-state index contributed by atoms with van der Waals surface area (Å²) in [6, 6.07) is 13.9. The summed E-state index contributed by atoms with van der Waals surface area (Å²) < 4.78 is 17.0. The Hall–Kier alpha value is -2.99. The normalized spacial score (nSPS) is 19.9. The van der Waals surface area contributed by atoms with Crippen molar-refractivity contribution in [1.82, 2.24) is 4.98 Å². The highest BCUT2D eigenvalue weighted by Gasteiger charge is 2.42. The molecule has 1 aliphatic rings. The standard InChI is InChI=1S/C26H32N2O4/c1-4-26(17-29)13-18(14-26)16-32-23-7-5-6-22-21(23)10-11-27-25(22)28-15-19-8-9-20(30-2)12-24(19)31-3/h5-12,18,29H,4,13-17H2,1-3H3,(H,27,28). The van der Waals surface area contributed by atoms with E-state index in [4.69, 9.17) is 14.2 Å². The Morgan fingerprint density at radius 1 is 1.06 bits per heavy atom. The summed E-state index contributed by atoms with van der Waals surface area (Å²) >= 11 is 0. The highest BCUT2D eigenvalue weighted by molar-refractivity contribution is 5.95. The molecule has 0 saturated heterocycles. The third-order valence-corrected chi connectivity index (χ3v) is 6.71. The topological polar surface area (TPSA) is 72.8 Å². The number of hydrogen-bond acceptors (Lipinski definition) is 6. The Morgan fingerprint density at radius 2 is 1.91 bits per heavy atom. The fraction of sp³-hybridized carbons (Fsp3) is 0.423. The maximum absolute atomic E-state index is 9.63. The van der Waals surface area contributed by atoms with Crippen LogP contribution in [0.15, 0.2) is 48.7 Å². The van der Waals surface area contributed by atoms with Crippen molar-refractivity contribution in [2.24, 2.45) is 11.3 Å². The Kier molecular flexibility index (Phi) is 6.70. The number of fused-ring (bicyclic) bond motifs is 1. The number of benzene rings is 2. The second kappa shape index (κ2) is 9.65. The van der Waals surface area contributed by atoms with E-state index in [0.29, 0.717) is 19.1 Å². The lowest BCUT2D eigenvalue weighted by molar-refractivity contribution is -0.0259. The van der Waals surface area contributed by atoms with Gasteiger partial charge in [0, 0.05) is 41.8 Å². The Morgan fingerprint density at radius 3 is 2.62 bits per heavy atom. The molecule has 1 aliphatic carbocycles. The highest BCUT2D eigenvalue weighted by Crippen LogP contribution is 2.48. The third kappa shape index (κ3) is 4.46. The molecule has 1 heterocycles. The number of nitrogens with zero attached hydrogens (tertiary/aromatic N) is 1. The van der Waals surface area contributed by atoms with Crippen molar-refractivity contribution >= 4 is 16.6 Å². The van der Waals surface area contributed by atoms with E-state index < -0.39 is 0 Å². The predicted octanol–water partition coefficient (Wildman–Crippen LogP) is 5.04. The summed E-state index contributed by atoms with van der Waals surface area (Å²) in [5, 5.41) is 15.1. The molecule has 32 heavy (non-hydrogen) atoms. The van der Waals surface area contributed by atoms with Crippen molar-refractivity contribution in [3.05, 3.63) is 54.2 Å². The van der Waals surface area contributed by atoms with Crippen LogP contribution in [0.2, 0.25) is 0 Å². The maximum Gasteiger partial charge on any atom is 0.134 e. The SMILES string of the molecule is CCC1(CO)CC(COc2cccc3c(NCc4ccc(OC)cc4OC)nccc23)C1. The molecule has 1 saturated carbocycles. The van der Waals surface area contributed by atoms with Gasteiger partial charge in [-0.3, -0.25) is 0 Å². The van der Waals surface area contributed by atoms with Crippen molar-refractivity contribution in [3.8, 4) is 17.2 Å². The van der Waals surface area contributed by atoms with Crippen molar-refractivity contribution < 1.29 is 19.3 Å². The zero-order chi connectivity index (χ0) is 22.6. The van der Waals surface area contributed by atoms with E-state index in [0.717, 1.165) is 58.7 Å². The number of methoxy groups -OCH3 is 2. The first-order chi connectivity index (χ1) is 15.6. The molecule has 1 fully saturated rings. The average molecular weight is 437 g/mol. The Bertz CT molecular complexity index is 1060. The molecule has 0 atom stereocenters. The molecule has 1 aromatic heterocycles. The maximum atomic E-state index is 9.63. The zero-order valence-electron chi connectivity index (χ0n) is 19.1. The van der Waals surface area contributed by atoms with Gasteiger partial charge in [-0.05, 0) is 54.9 Å². The van der Waals surface area contributed by atoms with Gasteiger partial charge in [-0.1, -0.05) is 19.1 Å². The lowest BCUT2D eigenvalue weighted by Crippen LogP contribution is -2.42. The van der Waals surface area contributed by atoms with Crippen LogP contribution in [0.1, 0.15) is 31.7 Å². The molecule has 4 rings (SSSR count). The third-order valence-electron chi connectivity index (χ3n) is 6.71. The lowest BCUT2D eigenvalue weighted by atomic mass is 9.61. The van der Waals surface area contributed by atoms with Crippen LogP contribution in [0.3, 0.4) is 0 Å². The van der Waals surface area contributed by atoms with Crippen molar-refractivity contribution in [2.75, 3.05) is 32.8 Å². The van der Waals surface area contributed by atoms with Gasteiger partial charge in [0.05, 0.1) is 20.8 Å². The summed E-state index contributed by atoms with van der Waals surface area (Å²) in [6.07, 6.45) is 4.89. The highest BCUT2D eigenvalue weighted by atomic mass is 16.5. The second-order valence-electron chi connectivity index (χ2n) is 8.64. The van der Waals surface area contributed by atoms with Crippen LogP contribution < -0.4 is 19.5 Å². The predicted molar refractivity (Wildman–Crippen MR) is 127 cm³/mol. The largest absolute Gasteiger partial charge is 0.497 e. The molecular weight excluding hydrogens is 404 g/mol. The number of hydrogen-bond donors (Lipinski definition) is 2. The summed E-state index contributed by atoms with van der Waals surface area (Å²) in [7, 11) is 3.30. The molecule has 2 N–H and O–H groups in total. The molecule has 6 nitrogen and oxygen atoms in total. The van der Waals surface area contributed by atoms with Gasteiger partial charge in [0.25, 0.3) is 0 Å². The fourth-order valence-corrected chi connectivity index (χ4v) is 4.64. The quantitative estimate of drug-likeness (QED) is 0.464. The van der Waals surface area contributed by atoms with Crippen LogP contribution in [0, 0.1) is 11.3 Å². The summed E-state index contributed by atoms with van der Waals surface area (Å²) in [5.74, 6) is 3.71. The summed E-state index contributed by atoms with van der Waals surface area (Å²) in [5.41, 5.74) is 1.13. The van der Waals surface area contributed by atoms with Gasteiger partial charge in [0.2, 0.25) is 0 Å². The Labute approximate surface area is 189 Å². The fourth-order valence-electron chi connectivity index (χ4n) is 4.64. The molecule has 0 bridgehead atoms. The minimum atomic E-state index is 0.107. The first-order valence-electron chi connectivity index (χ1n) is 11.2. The number of ether oxygens (including phenoxy) is 3. The van der Waals surface area contributed by atoms with Crippen molar-refractivity contribution in [2.45, 2.75) is 32.7 Å².